The van der Waals surface area contributed by atoms with Gasteiger partial charge in [-0.05, 0) is 42.3 Å². The van der Waals surface area contributed by atoms with Crippen molar-refractivity contribution in [3.8, 4) is 12.1 Å². The Bertz CT molecular complexity index is 803. The standard InChI is InChI=1S/C26H29N2P/c1-2-3-4-5-6-13-22-29(25(18-20-27)23-14-9-7-10-15-23)26(19-21-28)24-16-11-8-12-17-24/h7-12,14-19H,2-6,13,22H2,1H3/b25-18-,26-19-. The first-order valence-corrected chi connectivity index (χ1v) is 11.9. The molecule has 0 fully saturated rings. The molecule has 3 heteroatoms. The van der Waals surface area contributed by atoms with Crippen LogP contribution in [0.4, 0.5) is 0 Å². The van der Waals surface area contributed by atoms with E-state index >= 15 is 0 Å². The molecule has 0 atom stereocenters. The van der Waals surface area contributed by atoms with Gasteiger partial charge in [0.2, 0.25) is 0 Å². The highest BCUT2D eigenvalue weighted by Crippen LogP contribution is 2.61. The topological polar surface area (TPSA) is 47.6 Å². The summed E-state index contributed by atoms with van der Waals surface area (Å²) >= 11 is 0. The first-order chi connectivity index (χ1) is 14.3. The number of hydrogen-bond donors (Lipinski definition) is 0. The summed E-state index contributed by atoms with van der Waals surface area (Å²) in [6.07, 6.45) is 11.8. The van der Waals surface area contributed by atoms with Gasteiger partial charge in [0.15, 0.2) is 0 Å². The zero-order valence-corrected chi connectivity index (χ0v) is 18.1. The van der Waals surface area contributed by atoms with Gasteiger partial charge >= 0.3 is 0 Å². The molecule has 148 valence electrons. The number of allylic oxidation sites excluding steroid dienone is 2. The minimum absolute atomic E-state index is 0.799. The molecule has 0 amide bonds. The van der Waals surface area contributed by atoms with Crippen LogP contribution in [0.2, 0.25) is 0 Å². The summed E-state index contributed by atoms with van der Waals surface area (Å²) in [5.74, 6) is 0. The molecule has 0 aliphatic rings. The van der Waals surface area contributed by atoms with Crippen LogP contribution >= 0.6 is 7.92 Å². The van der Waals surface area contributed by atoms with Gasteiger partial charge in [0, 0.05) is 12.2 Å². The predicted octanol–water partition coefficient (Wildman–Crippen LogP) is 7.96. The van der Waals surface area contributed by atoms with Crippen LogP contribution < -0.4 is 0 Å². The summed E-state index contributed by atoms with van der Waals surface area (Å²) < 4.78 is 0. The lowest BCUT2D eigenvalue weighted by Crippen LogP contribution is -1.95. The normalized spacial score (nSPS) is 11.9. The fraction of sp³-hybridized carbons (Fsp3) is 0.308. The molecule has 0 radical (unpaired) electrons. The Balaban J connectivity index is 2.36. The molecule has 29 heavy (non-hydrogen) atoms. The van der Waals surface area contributed by atoms with Gasteiger partial charge in [0.05, 0.1) is 12.1 Å². The highest BCUT2D eigenvalue weighted by molar-refractivity contribution is 7.78. The van der Waals surface area contributed by atoms with Crippen molar-refractivity contribution in [1.29, 1.82) is 10.5 Å². The molecule has 2 rings (SSSR count). The Kier molecular flexibility index (Phi) is 10.5. The maximum Gasteiger partial charge on any atom is 0.0919 e. The van der Waals surface area contributed by atoms with Gasteiger partial charge in [-0.3, -0.25) is 0 Å². The third-order valence-corrected chi connectivity index (χ3v) is 7.56. The van der Waals surface area contributed by atoms with Crippen LogP contribution in [0.25, 0.3) is 10.6 Å². The molecular formula is C26H29N2P. The van der Waals surface area contributed by atoms with E-state index in [2.05, 4.69) is 43.3 Å². The summed E-state index contributed by atoms with van der Waals surface area (Å²) in [6.45, 7) is 2.23. The zero-order chi connectivity index (χ0) is 20.7. The SMILES string of the molecule is CCCCCCCCP(/C(=C\C#N)c1ccccc1)/C(=C\C#N)c1ccccc1. The number of benzene rings is 2. The van der Waals surface area contributed by atoms with E-state index in [9.17, 15) is 10.5 Å². The Morgan fingerprint density at radius 1 is 0.724 bits per heavy atom. The Morgan fingerprint density at radius 2 is 1.17 bits per heavy atom. The Morgan fingerprint density at radius 3 is 1.62 bits per heavy atom. The van der Waals surface area contributed by atoms with Crippen molar-refractivity contribution in [3.05, 3.63) is 83.9 Å². The monoisotopic (exact) mass is 400 g/mol. The van der Waals surface area contributed by atoms with E-state index in [-0.39, 0.29) is 0 Å². The molecule has 0 unspecified atom stereocenters. The van der Waals surface area contributed by atoms with Crippen molar-refractivity contribution in [2.75, 3.05) is 6.16 Å². The zero-order valence-electron chi connectivity index (χ0n) is 17.2. The van der Waals surface area contributed by atoms with E-state index in [0.29, 0.717) is 0 Å². The molecule has 0 aromatic heterocycles. The van der Waals surface area contributed by atoms with E-state index in [1.165, 1.54) is 32.1 Å². The van der Waals surface area contributed by atoms with E-state index in [1.54, 1.807) is 12.2 Å². The average molecular weight is 401 g/mol. The highest BCUT2D eigenvalue weighted by Gasteiger charge is 2.21. The average Bonchev–Trinajstić information content (AvgIpc) is 2.77. The summed E-state index contributed by atoms with van der Waals surface area (Å²) in [6, 6.07) is 24.8. The quantitative estimate of drug-likeness (QED) is 0.218. The van der Waals surface area contributed by atoms with Gasteiger partial charge in [-0.1, -0.05) is 99.7 Å². The van der Waals surface area contributed by atoms with Crippen molar-refractivity contribution < 1.29 is 0 Å². The molecule has 2 aromatic rings. The van der Waals surface area contributed by atoms with E-state index in [4.69, 9.17) is 0 Å². The first-order valence-electron chi connectivity index (χ1n) is 10.4. The maximum atomic E-state index is 9.50. The van der Waals surface area contributed by atoms with Crippen molar-refractivity contribution >= 4 is 18.5 Å². The van der Waals surface area contributed by atoms with Gasteiger partial charge in [-0.25, -0.2) is 0 Å². The van der Waals surface area contributed by atoms with Crippen molar-refractivity contribution in [3.63, 3.8) is 0 Å². The molecule has 2 nitrogen and oxygen atoms in total. The lowest BCUT2D eigenvalue weighted by molar-refractivity contribution is 0.626. The van der Waals surface area contributed by atoms with Crippen molar-refractivity contribution in [2.45, 2.75) is 45.4 Å². The van der Waals surface area contributed by atoms with Gasteiger partial charge in [0.1, 0.15) is 0 Å². The van der Waals surface area contributed by atoms with Crippen LogP contribution in [0.5, 0.6) is 0 Å². The molecule has 0 aliphatic carbocycles. The molecule has 2 aromatic carbocycles. The molecule has 0 saturated heterocycles. The number of rotatable bonds is 11. The molecule has 0 spiro atoms. The van der Waals surface area contributed by atoms with Crippen LogP contribution in [0.15, 0.2) is 72.8 Å². The minimum Gasteiger partial charge on any atom is -0.193 e. The second-order valence-electron chi connectivity index (χ2n) is 6.97. The fourth-order valence-corrected chi connectivity index (χ4v) is 6.03. The fourth-order valence-electron chi connectivity index (χ4n) is 3.40. The summed E-state index contributed by atoms with van der Waals surface area (Å²) in [5.41, 5.74) is 2.15. The van der Waals surface area contributed by atoms with Crippen LogP contribution in [0.3, 0.4) is 0 Å². The highest BCUT2D eigenvalue weighted by atomic mass is 31.1. The number of hydrogen-bond acceptors (Lipinski definition) is 2. The van der Waals surface area contributed by atoms with Crippen LogP contribution in [-0.4, -0.2) is 6.16 Å². The van der Waals surface area contributed by atoms with E-state index in [0.717, 1.165) is 34.3 Å². The predicted molar refractivity (Wildman–Crippen MR) is 125 cm³/mol. The first kappa shape index (κ1) is 22.6. The molecule has 0 N–H and O–H groups in total. The summed E-state index contributed by atoms with van der Waals surface area (Å²) in [7, 11) is -0.799. The van der Waals surface area contributed by atoms with Crippen molar-refractivity contribution in [1.82, 2.24) is 0 Å². The van der Waals surface area contributed by atoms with Gasteiger partial charge in [-0.15, -0.1) is 0 Å². The third kappa shape index (κ3) is 7.34. The molecular weight excluding hydrogens is 371 g/mol. The van der Waals surface area contributed by atoms with Gasteiger partial charge in [0.25, 0.3) is 0 Å². The van der Waals surface area contributed by atoms with Crippen LogP contribution in [-0.2, 0) is 0 Å². The molecule has 0 aliphatic heterocycles. The van der Waals surface area contributed by atoms with Gasteiger partial charge in [-0.2, -0.15) is 10.5 Å². The maximum absolute atomic E-state index is 9.50. The second-order valence-corrected chi connectivity index (χ2v) is 9.24. The lowest BCUT2D eigenvalue weighted by atomic mass is 10.1. The molecule has 0 saturated carbocycles. The summed E-state index contributed by atoms with van der Waals surface area (Å²) in [5, 5.41) is 21.1. The van der Waals surface area contributed by atoms with Crippen LogP contribution in [0, 0.1) is 22.7 Å². The molecule has 0 heterocycles. The van der Waals surface area contributed by atoms with E-state index < -0.39 is 7.92 Å². The lowest BCUT2D eigenvalue weighted by Gasteiger charge is -2.24. The number of nitriles is 2. The van der Waals surface area contributed by atoms with Gasteiger partial charge < -0.3 is 0 Å². The third-order valence-electron chi connectivity index (χ3n) is 4.86. The largest absolute Gasteiger partial charge is 0.193 e. The van der Waals surface area contributed by atoms with Crippen molar-refractivity contribution in [2.24, 2.45) is 0 Å². The second kappa shape index (κ2) is 13.5. The Hall–Kier alpha value is -2.67. The van der Waals surface area contributed by atoms with Crippen LogP contribution in [0.1, 0.15) is 56.6 Å². The summed E-state index contributed by atoms with van der Waals surface area (Å²) in [4.78, 5) is 0. The number of nitrogens with zero attached hydrogens (tertiary/aromatic N) is 2. The molecule has 0 bridgehead atoms. The smallest absolute Gasteiger partial charge is 0.0919 e. The minimum atomic E-state index is -0.799. The number of unbranched alkanes of at least 4 members (excludes halogenated alkanes) is 5. The Labute approximate surface area is 177 Å². The van der Waals surface area contributed by atoms with E-state index in [1.807, 2.05) is 36.4 Å².